The summed E-state index contributed by atoms with van der Waals surface area (Å²) in [6, 6.07) is 2.19. The number of hydrogen-bond acceptors (Lipinski definition) is 1. The zero-order chi connectivity index (χ0) is 6.85. The molecule has 9 heavy (non-hydrogen) atoms. The van der Waals surface area contributed by atoms with Crippen molar-refractivity contribution in [2.45, 2.75) is 13.8 Å². The predicted octanol–water partition coefficient (Wildman–Crippen LogP) is 0.605. The molecular weight excluding hydrogens is 324 g/mol. The quantitative estimate of drug-likeness (QED) is 0.678. The van der Waals surface area contributed by atoms with Gasteiger partial charge in [0.2, 0.25) is 0 Å². The third-order valence-corrected chi connectivity index (χ3v) is 3.76. The monoisotopic (exact) mass is 333 g/mol. The molecule has 2 heteroatoms. The summed E-state index contributed by atoms with van der Waals surface area (Å²) < 4.78 is 1.33. The second-order valence-corrected chi connectivity index (χ2v) is 6.62. The molecule has 0 bridgehead atoms. The minimum absolute atomic E-state index is 0.441. The van der Waals surface area contributed by atoms with E-state index in [4.69, 9.17) is 0 Å². The number of nitrogens with zero attached hydrogens (tertiary/aromatic N) is 1. The Kier molecular flexibility index (Phi) is 2.69. The van der Waals surface area contributed by atoms with E-state index in [1.807, 2.05) is 6.20 Å². The Labute approximate surface area is 84.6 Å². The Morgan fingerprint density at radius 2 is 2.00 bits per heavy atom. The van der Waals surface area contributed by atoms with Crippen molar-refractivity contribution >= 4 is 0.735 Å². The molecule has 0 saturated heterocycles. The second kappa shape index (κ2) is 3.14. The molecule has 0 atom stereocenters. The fraction of sp³-hybridized carbons (Fsp3) is 0.286. The summed E-state index contributed by atoms with van der Waals surface area (Å²) >= 11 is 0.441. The molecule has 0 aliphatic carbocycles. The summed E-state index contributed by atoms with van der Waals surface area (Å²) in [6.07, 6.45) is 1.96. The molecule has 1 nitrogen and oxygen atoms in total. The van der Waals surface area contributed by atoms with E-state index in [1.54, 1.807) is 0 Å². The van der Waals surface area contributed by atoms with Crippen LogP contribution < -0.4 is 0.735 Å². The van der Waals surface area contributed by atoms with Crippen molar-refractivity contribution in [2.75, 3.05) is 0 Å². The topological polar surface area (TPSA) is 12.9 Å². The van der Waals surface area contributed by atoms with E-state index in [1.165, 1.54) is 11.9 Å². The van der Waals surface area contributed by atoms with Crippen LogP contribution in [0.2, 0.25) is 0 Å². The summed E-state index contributed by atoms with van der Waals surface area (Å²) in [7, 11) is 0. The molecule has 0 N–H and O–H groups in total. The number of pyridine rings is 1. The molecule has 0 amide bonds. The van der Waals surface area contributed by atoms with E-state index in [0.29, 0.717) is 42.8 Å². The Morgan fingerprint density at radius 3 is 2.44 bits per heavy atom. The zero-order valence-corrected chi connectivity index (χ0v) is 14.3. The Bertz CT molecular complexity index is 220. The van der Waals surface area contributed by atoms with Crippen LogP contribution in [-0.4, -0.2) is 4.98 Å². The van der Waals surface area contributed by atoms with Crippen LogP contribution in [0.15, 0.2) is 12.3 Å². The molecule has 0 aromatic carbocycles. The molecule has 0 spiro atoms. The number of aryl methyl sites for hydroxylation is 2. The fourth-order valence-corrected chi connectivity index (χ4v) is 3.08. The number of hydrogen-bond donors (Lipinski definition) is 0. The van der Waals surface area contributed by atoms with Crippen LogP contribution in [0.5, 0.6) is 0 Å². The molecular formula is C7H9NRa. The van der Waals surface area contributed by atoms with Gasteiger partial charge in [-0.2, -0.15) is 0 Å². The Hall–Kier alpha value is 0.618. The second-order valence-electron chi connectivity index (χ2n) is 2.41. The normalized spacial score (nSPS) is 9.44. The van der Waals surface area contributed by atoms with Gasteiger partial charge < -0.3 is 0 Å². The summed E-state index contributed by atoms with van der Waals surface area (Å²) in [5.41, 5.74) is 2.68. The van der Waals surface area contributed by atoms with Crippen LogP contribution >= 0.6 is 0 Å². The molecule has 1 rings (SSSR count). The van der Waals surface area contributed by atoms with Crippen LogP contribution in [0.25, 0.3) is 0 Å². The molecule has 0 aliphatic heterocycles. The summed E-state index contributed by atoms with van der Waals surface area (Å²) in [5.74, 6) is 0. The summed E-state index contributed by atoms with van der Waals surface area (Å²) in [5, 5.41) is 0. The zero-order valence-electron chi connectivity index (χ0n) is 6.10. The van der Waals surface area contributed by atoms with Crippen LogP contribution in [0.1, 0.15) is 11.1 Å². The minimum atomic E-state index is 0.441. The van der Waals surface area contributed by atoms with Gasteiger partial charge in [-0.3, -0.25) is 0 Å². The van der Waals surface area contributed by atoms with Gasteiger partial charge in [-0.15, -0.1) is 0 Å². The summed E-state index contributed by atoms with van der Waals surface area (Å²) in [4.78, 5) is 4.24. The first kappa shape index (κ1) is 7.72. The van der Waals surface area contributed by atoms with E-state index >= 15 is 0 Å². The molecule has 0 saturated carbocycles. The molecule has 0 unspecified atom stereocenters. The van der Waals surface area contributed by atoms with Gasteiger partial charge in [-0.1, -0.05) is 0 Å². The van der Waals surface area contributed by atoms with E-state index < -0.39 is 0 Å². The van der Waals surface area contributed by atoms with Crippen molar-refractivity contribution in [2.24, 2.45) is 0 Å². The van der Waals surface area contributed by atoms with Crippen LogP contribution in [0.3, 0.4) is 0 Å². The summed E-state index contributed by atoms with van der Waals surface area (Å²) in [6.45, 7) is 4.23. The first-order chi connectivity index (χ1) is 4.20. The van der Waals surface area contributed by atoms with Crippen molar-refractivity contribution in [1.82, 2.24) is 4.98 Å². The van der Waals surface area contributed by atoms with Crippen molar-refractivity contribution in [3.05, 3.63) is 23.4 Å². The molecule has 1 aromatic rings. The van der Waals surface area contributed by atoms with Gasteiger partial charge in [-0.25, -0.2) is 0 Å². The van der Waals surface area contributed by atoms with Crippen LogP contribution in [0, 0.1) is 56.6 Å². The van der Waals surface area contributed by atoms with Crippen molar-refractivity contribution < 1.29 is 42.8 Å². The maximum atomic E-state index is 4.24. The fourth-order valence-electron chi connectivity index (χ4n) is 0.765. The van der Waals surface area contributed by atoms with Crippen molar-refractivity contribution in [1.29, 1.82) is 0 Å². The van der Waals surface area contributed by atoms with Crippen LogP contribution in [-0.2, 0) is 0 Å². The van der Waals surface area contributed by atoms with Crippen molar-refractivity contribution in [3.63, 3.8) is 0 Å². The Balaban J connectivity index is 3.17. The average Bonchev–Trinajstić information content (AvgIpc) is 1.80. The third kappa shape index (κ3) is 2.04. The van der Waals surface area contributed by atoms with E-state index in [-0.39, 0.29) is 0 Å². The number of aromatic nitrogens is 1. The number of rotatable bonds is 0. The third-order valence-electron chi connectivity index (χ3n) is 1.51. The first-order valence-corrected chi connectivity index (χ1v) is 7.21. The van der Waals surface area contributed by atoms with Crippen molar-refractivity contribution in [3.8, 4) is 0 Å². The van der Waals surface area contributed by atoms with Gasteiger partial charge in [-0.05, 0) is 0 Å². The van der Waals surface area contributed by atoms with Crippen LogP contribution in [0.4, 0.5) is 0 Å². The first-order valence-electron chi connectivity index (χ1n) is 3.10. The Morgan fingerprint density at radius 1 is 1.33 bits per heavy atom. The average molecular weight is 333 g/mol. The molecule has 44 valence electrons. The van der Waals surface area contributed by atoms with Gasteiger partial charge >= 0.3 is 85.7 Å². The molecule has 0 fully saturated rings. The molecule has 1 heterocycles. The van der Waals surface area contributed by atoms with Gasteiger partial charge in [0.15, 0.2) is 0 Å². The standard InChI is InChI=1S/C7H8N.Ra.H/c1-6-3-4-8-5-7(6)2;;/h3,5H,1-2H3;;. The maximum absolute atomic E-state index is 4.24. The van der Waals surface area contributed by atoms with E-state index in [2.05, 4.69) is 24.9 Å². The van der Waals surface area contributed by atoms with Gasteiger partial charge in [0.05, 0.1) is 0 Å². The molecule has 0 radical (unpaired) electrons. The predicted molar refractivity (Wildman–Crippen MR) is 34.7 cm³/mol. The van der Waals surface area contributed by atoms with Gasteiger partial charge in [0.25, 0.3) is 0 Å². The van der Waals surface area contributed by atoms with Gasteiger partial charge in [0, 0.05) is 0 Å². The SMILES string of the molecule is Cc1cn[c]([RaH])cc1C. The van der Waals surface area contributed by atoms with E-state index in [0.717, 1.165) is 0 Å². The van der Waals surface area contributed by atoms with Gasteiger partial charge in [0.1, 0.15) is 0 Å². The van der Waals surface area contributed by atoms with E-state index in [9.17, 15) is 0 Å². The molecule has 0 aliphatic rings. The molecule has 1 aromatic heterocycles.